The van der Waals surface area contributed by atoms with Gasteiger partial charge in [0.05, 0.1) is 40.8 Å². The van der Waals surface area contributed by atoms with E-state index in [4.69, 9.17) is 21.8 Å². The van der Waals surface area contributed by atoms with Crippen LogP contribution in [0.3, 0.4) is 0 Å². The van der Waals surface area contributed by atoms with Gasteiger partial charge in [0.15, 0.2) is 5.13 Å². The Balaban J connectivity index is 1.69. The van der Waals surface area contributed by atoms with Gasteiger partial charge in [0, 0.05) is 35.3 Å². The van der Waals surface area contributed by atoms with Gasteiger partial charge in [-0.3, -0.25) is 9.71 Å². The second kappa shape index (κ2) is 8.63. The van der Waals surface area contributed by atoms with E-state index >= 15 is 0 Å². The van der Waals surface area contributed by atoms with Crippen LogP contribution in [0.2, 0.25) is 5.02 Å². The van der Waals surface area contributed by atoms with Crippen LogP contribution in [0.25, 0.3) is 11.1 Å². The predicted molar refractivity (Wildman–Crippen MR) is 117 cm³/mol. The molecule has 3 heterocycles. The molecule has 0 amide bonds. The number of aromatic nitrogens is 2. The number of nitrogens with two attached hydrogens (primary N) is 1. The van der Waals surface area contributed by atoms with Gasteiger partial charge < -0.3 is 15.5 Å². The monoisotopic (exact) mass is 479 g/mol. The van der Waals surface area contributed by atoms with E-state index in [1.807, 2.05) is 0 Å². The lowest BCUT2D eigenvalue weighted by Crippen LogP contribution is -2.14. The first kappa shape index (κ1) is 21.2. The quantitative estimate of drug-likeness (QED) is 0.354. The zero-order chi connectivity index (χ0) is 22.0. The first-order valence-corrected chi connectivity index (χ1v) is 11.5. The summed E-state index contributed by atoms with van der Waals surface area (Å²) in [7, 11) is -4.21. The van der Waals surface area contributed by atoms with E-state index in [9.17, 15) is 12.8 Å². The summed E-state index contributed by atoms with van der Waals surface area (Å²) >= 11 is 7.35. The summed E-state index contributed by atoms with van der Waals surface area (Å²) in [5.41, 5.74) is 8.47. The second-order valence-electron chi connectivity index (χ2n) is 6.27. The molecule has 0 aliphatic carbocycles. The second-order valence-corrected chi connectivity index (χ2v) is 9.22. The van der Waals surface area contributed by atoms with Crippen LogP contribution in [0, 0.1) is 5.82 Å². The fraction of sp³-hybridized carbons (Fsp3) is 0.0526. The van der Waals surface area contributed by atoms with Gasteiger partial charge >= 0.3 is 0 Å². The van der Waals surface area contributed by atoms with E-state index in [0.717, 1.165) is 29.0 Å². The van der Waals surface area contributed by atoms with Crippen LogP contribution in [0.1, 0.15) is 5.69 Å². The van der Waals surface area contributed by atoms with Crippen molar-refractivity contribution in [2.45, 2.75) is 11.4 Å². The minimum atomic E-state index is -4.21. The van der Waals surface area contributed by atoms with Crippen molar-refractivity contribution in [2.24, 2.45) is 5.73 Å². The van der Waals surface area contributed by atoms with Gasteiger partial charge in [-0.15, -0.1) is 11.3 Å². The molecule has 0 unspecified atom stereocenters. The van der Waals surface area contributed by atoms with Crippen LogP contribution < -0.4 is 15.8 Å². The molecule has 4 rings (SSSR count). The number of pyridine rings is 1. The summed E-state index contributed by atoms with van der Waals surface area (Å²) in [6.45, 7) is 0.235. The van der Waals surface area contributed by atoms with E-state index < -0.39 is 20.7 Å². The molecule has 4 N–H and O–H groups in total. The van der Waals surface area contributed by atoms with Crippen molar-refractivity contribution in [2.75, 3.05) is 10.0 Å². The van der Waals surface area contributed by atoms with Gasteiger partial charge in [-0.05, 0) is 18.2 Å². The first-order valence-electron chi connectivity index (χ1n) is 8.77. The molecular formula is C19H15ClFN5O3S2. The maximum Gasteiger partial charge on any atom is 0.266 e. The Morgan fingerprint density at radius 3 is 2.74 bits per heavy atom. The van der Waals surface area contributed by atoms with E-state index in [2.05, 4.69) is 20.0 Å². The molecule has 12 heteroatoms. The van der Waals surface area contributed by atoms with Crippen LogP contribution in [-0.2, 0) is 16.6 Å². The van der Waals surface area contributed by atoms with Crippen molar-refractivity contribution >= 4 is 49.5 Å². The molecule has 0 aliphatic rings. The average molecular weight is 480 g/mol. The molecule has 4 aromatic rings. The highest BCUT2D eigenvalue weighted by Crippen LogP contribution is 2.35. The van der Waals surface area contributed by atoms with E-state index in [1.54, 1.807) is 23.8 Å². The number of nitrogens with zero attached hydrogens (tertiary/aromatic N) is 2. The third kappa shape index (κ3) is 4.54. The van der Waals surface area contributed by atoms with E-state index in [0.29, 0.717) is 16.9 Å². The lowest BCUT2D eigenvalue weighted by atomic mass is 10.1. The molecule has 31 heavy (non-hydrogen) atoms. The number of thiazole rings is 1. The molecular weight excluding hydrogens is 465 g/mol. The summed E-state index contributed by atoms with van der Waals surface area (Å²) in [6.07, 6.45) is 6.03. The summed E-state index contributed by atoms with van der Waals surface area (Å²) in [6, 6.07) is 5.57. The van der Waals surface area contributed by atoms with Crippen LogP contribution in [-0.4, -0.2) is 18.4 Å². The average Bonchev–Trinajstić information content (AvgIpc) is 3.44. The molecule has 1 aromatic carbocycles. The Morgan fingerprint density at radius 2 is 2.06 bits per heavy atom. The normalized spacial score (nSPS) is 11.5. The number of furan rings is 1. The Hall–Kier alpha value is -2.99. The highest BCUT2D eigenvalue weighted by Gasteiger charge is 2.23. The van der Waals surface area contributed by atoms with Crippen LogP contribution >= 0.6 is 22.9 Å². The Morgan fingerprint density at radius 1 is 1.23 bits per heavy atom. The molecule has 0 spiro atoms. The number of anilines is 3. The lowest BCUT2D eigenvalue weighted by molar-refractivity contribution is 0.568. The number of rotatable bonds is 7. The molecule has 0 atom stereocenters. The number of benzene rings is 1. The number of halogens is 2. The number of hydrogen-bond donors (Lipinski definition) is 3. The Bertz CT molecular complexity index is 1310. The first-order chi connectivity index (χ1) is 14.9. The Labute approximate surface area is 186 Å². The van der Waals surface area contributed by atoms with Crippen LogP contribution in [0.4, 0.5) is 20.9 Å². The van der Waals surface area contributed by atoms with Crippen molar-refractivity contribution < 1.29 is 17.2 Å². The molecule has 0 aliphatic heterocycles. The van der Waals surface area contributed by atoms with Gasteiger partial charge in [-0.1, -0.05) is 11.6 Å². The maximum atomic E-state index is 14.8. The SMILES string of the molecule is NCc1cc(-c2ccoc2)c(Nc2cc(F)c(S(=O)(=O)Nc3nccs3)cc2Cl)cn1. The number of nitrogens with one attached hydrogen (secondary N) is 2. The van der Waals surface area contributed by atoms with Gasteiger partial charge in [-0.25, -0.2) is 17.8 Å². The molecule has 0 saturated heterocycles. The maximum absolute atomic E-state index is 14.8. The molecule has 0 saturated carbocycles. The minimum Gasteiger partial charge on any atom is -0.472 e. The Kier molecular flexibility index (Phi) is 5.92. The standard InChI is InChI=1S/C19H15ClFN5O3S2/c20-14-6-18(31(27,28)26-19-23-2-4-30-19)15(21)7-16(14)25-17-9-24-12(8-22)5-13(17)11-1-3-29-10-11/h1-7,9-10,25H,8,22H2,(H,23,26). The summed E-state index contributed by atoms with van der Waals surface area (Å²) in [4.78, 5) is 7.49. The summed E-state index contributed by atoms with van der Waals surface area (Å²) < 4.78 is 47.2. The zero-order valence-electron chi connectivity index (χ0n) is 15.7. The third-order valence-electron chi connectivity index (χ3n) is 4.24. The van der Waals surface area contributed by atoms with Gasteiger partial charge in [-0.2, -0.15) is 0 Å². The number of sulfonamides is 1. The highest BCUT2D eigenvalue weighted by molar-refractivity contribution is 7.93. The van der Waals surface area contributed by atoms with Gasteiger partial charge in [0.25, 0.3) is 10.0 Å². The zero-order valence-corrected chi connectivity index (χ0v) is 18.1. The molecule has 3 aromatic heterocycles. The smallest absolute Gasteiger partial charge is 0.266 e. The van der Waals surface area contributed by atoms with Crippen LogP contribution in [0.5, 0.6) is 0 Å². The molecule has 0 bridgehead atoms. The van der Waals surface area contributed by atoms with Crippen molar-refractivity contribution in [1.82, 2.24) is 9.97 Å². The fourth-order valence-corrected chi connectivity index (χ4v) is 4.94. The van der Waals surface area contributed by atoms with E-state index in [-0.39, 0.29) is 22.4 Å². The predicted octanol–water partition coefficient (Wildman–Crippen LogP) is 4.59. The summed E-state index contributed by atoms with van der Waals surface area (Å²) in [5.74, 6) is -0.979. The van der Waals surface area contributed by atoms with Gasteiger partial charge in [0.1, 0.15) is 10.7 Å². The van der Waals surface area contributed by atoms with Crippen molar-refractivity contribution in [3.63, 3.8) is 0 Å². The van der Waals surface area contributed by atoms with Crippen molar-refractivity contribution in [3.8, 4) is 11.1 Å². The van der Waals surface area contributed by atoms with E-state index in [1.165, 1.54) is 18.7 Å². The molecule has 160 valence electrons. The number of hydrogen-bond acceptors (Lipinski definition) is 8. The third-order valence-corrected chi connectivity index (χ3v) is 6.72. The highest BCUT2D eigenvalue weighted by atomic mass is 35.5. The topological polar surface area (TPSA) is 123 Å². The largest absolute Gasteiger partial charge is 0.472 e. The summed E-state index contributed by atoms with van der Waals surface area (Å²) in [5, 5.41) is 4.72. The fourth-order valence-electron chi connectivity index (χ4n) is 2.79. The molecule has 0 fully saturated rings. The lowest BCUT2D eigenvalue weighted by Gasteiger charge is -2.15. The molecule has 8 nitrogen and oxygen atoms in total. The van der Waals surface area contributed by atoms with Crippen molar-refractivity contribution in [3.05, 3.63) is 71.1 Å². The van der Waals surface area contributed by atoms with Crippen molar-refractivity contribution in [1.29, 1.82) is 0 Å². The molecule has 0 radical (unpaired) electrons. The minimum absolute atomic E-state index is 0.00181. The van der Waals surface area contributed by atoms with Crippen LogP contribution in [0.15, 0.2) is 63.9 Å². The van der Waals surface area contributed by atoms with Gasteiger partial charge in [0.2, 0.25) is 0 Å².